The molecule has 0 unspecified atom stereocenters. The molecular weight excluding hydrogens is 335 g/mol. The maximum atomic E-state index is 13.1. The van der Waals surface area contributed by atoms with Gasteiger partial charge in [-0.15, -0.1) is 0 Å². The Bertz CT molecular complexity index is 855. The lowest BCUT2D eigenvalue weighted by Gasteiger charge is -2.07. The first-order valence-corrected chi connectivity index (χ1v) is 7.35. The minimum absolute atomic E-state index is 0.0729. The number of halogens is 2. The number of carbonyl (C=O) groups is 1. The molecule has 0 bridgehead atoms. The Balaban J connectivity index is 1.68. The maximum absolute atomic E-state index is 13.1. The number of rotatable bonds is 5. The van der Waals surface area contributed by atoms with Crippen molar-refractivity contribution in [1.82, 2.24) is 9.97 Å². The van der Waals surface area contributed by atoms with Gasteiger partial charge in [-0.25, -0.2) is 14.4 Å². The summed E-state index contributed by atoms with van der Waals surface area (Å²) in [6.07, 6.45) is 3.03. The van der Waals surface area contributed by atoms with Crippen molar-refractivity contribution in [2.24, 2.45) is 0 Å². The Morgan fingerprint density at radius 1 is 1.29 bits per heavy atom. The Kier molecular flexibility index (Phi) is 4.72. The van der Waals surface area contributed by atoms with E-state index in [9.17, 15) is 9.18 Å². The summed E-state index contributed by atoms with van der Waals surface area (Å²) in [5.41, 5.74) is 0.530. The molecule has 0 aliphatic heterocycles. The highest BCUT2D eigenvalue weighted by Gasteiger charge is 2.10. The number of benzene rings is 1. The Labute approximate surface area is 141 Å². The van der Waals surface area contributed by atoms with Crippen molar-refractivity contribution in [3.8, 4) is 0 Å². The summed E-state index contributed by atoms with van der Waals surface area (Å²) in [7, 11) is 0. The molecule has 1 amide bonds. The third-order valence-corrected chi connectivity index (χ3v) is 3.36. The lowest BCUT2D eigenvalue weighted by molar-refractivity contribution is 0.102. The summed E-state index contributed by atoms with van der Waals surface area (Å²) in [4.78, 5) is 20.4. The summed E-state index contributed by atoms with van der Waals surface area (Å²) < 4.78 is 18.3. The predicted molar refractivity (Wildman–Crippen MR) is 87.4 cm³/mol. The van der Waals surface area contributed by atoms with E-state index in [4.69, 9.17) is 16.0 Å². The van der Waals surface area contributed by atoms with Crippen molar-refractivity contribution in [2.45, 2.75) is 6.54 Å². The Morgan fingerprint density at radius 2 is 2.17 bits per heavy atom. The second-order valence-corrected chi connectivity index (χ2v) is 5.19. The largest absolute Gasteiger partial charge is 0.467 e. The monoisotopic (exact) mass is 346 g/mol. The van der Waals surface area contributed by atoms with Crippen LogP contribution in [-0.2, 0) is 6.54 Å². The summed E-state index contributed by atoms with van der Waals surface area (Å²) in [6.45, 7) is 0.394. The molecule has 122 valence electrons. The average molecular weight is 347 g/mol. The first-order chi connectivity index (χ1) is 11.6. The zero-order valence-corrected chi connectivity index (χ0v) is 13.0. The molecule has 2 N–H and O–H groups in total. The Hall–Kier alpha value is -2.93. The Morgan fingerprint density at radius 3 is 2.92 bits per heavy atom. The van der Waals surface area contributed by atoms with Crippen LogP contribution in [0.2, 0.25) is 5.02 Å². The zero-order valence-electron chi connectivity index (χ0n) is 12.3. The van der Waals surface area contributed by atoms with Crippen molar-refractivity contribution in [1.29, 1.82) is 0 Å². The molecule has 6 nitrogen and oxygen atoms in total. The molecule has 3 aromatic rings. The van der Waals surface area contributed by atoms with Crippen LogP contribution in [-0.4, -0.2) is 15.9 Å². The van der Waals surface area contributed by atoms with Gasteiger partial charge in [0, 0.05) is 11.9 Å². The highest BCUT2D eigenvalue weighted by Crippen LogP contribution is 2.19. The molecule has 24 heavy (non-hydrogen) atoms. The number of amides is 1. The molecule has 0 saturated heterocycles. The summed E-state index contributed by atoms with van der Waals surface area (Å²) in [5.74, 6) is -0.00663. The number of hydrogen-bond donors (Lipinski definition) is 2. The van der Waals surface area contributed by atoms with Crippen LogP contribution in [0.4, 0.5) is 16.0 Å². The van der Waals surface area contributed by atoms with Crippen LogP contribution in [0.5, 0.6) is 0 Å². The molecule has 0 atom stereocenters. The molecule has 0 fully saturated rings. The van der Waals surface area contributed by atoms with E-state index in [0.717, 1.165) is 5.76 Å². The van der Waals surface area contributed by atoms with Crippen LogP contribution < -0.4 is 10.6 Å². The average Bonchev–Trinajstić information content (AvgIpc) is 3.10. The molecule has 3 rings (SSSR count). The minimum atomic E-state index is -0.555. The van der Waals surface area contributed by atoms with Crippen LogP contribution >= 0.6 is 11.6 Å². The molecule has 0 aliphatic rings. The molecule has 0 radical (unpaired) electrons. The third kappa shape index (κ3) is 3.88. The SMILES string of the molecule is O=C(Nc1ccc(F)c(Cl)c1)c1ccnc(NCc2ccco2)n1. The van der Waals surface area contributed by atoms with Gasteiger partial charge in [0.2, 0.25) is 5.95 Å². The number of aromatic nitrogens is 2. The number of furan rings is 1. The van der Waals surface area contributed by atoms with Crippen LogP contribution in [0, 0.1) is 5.82 Å². The summed E-state index contributed by atoms with van der Waals surface area (Å²) >= 11 is 5.69. The lowest BCUT2D eigenvalue weighted by Crippen LogP contribution is -2.15. The fourth-order valence-corrected chi connectivity index (χ4v) is 2.10. The predicted octanol–water partition coefficient (Wildman–Crippen LogP) is 3.73. The molecule has 0 saturated carbocycles. The summed E-state index contributed by atoms with van der Waals surface area (Å²) in [6, 6.07) is 8.96. The van der Waals surface area contributed by atoms with E-state index < -0.39 is 11.7 Å². The van der Waals surface area contributed by atoms with Gasteiger partial charge in [-0.2, -0.15) is 0 Å². The lowest BCUT2D eigenvalue weighted by atomic mass is 10.3. The van der Waals surface area contributed by atoms with Gasteiger partial charge < -0.3 is 15.1 Å². The van der Waals surface area contributed by atoms with E-state index in [1.165, 1.54) is 30.5 Å². The molecule has 1 aromatic carbocycles. The van der Waals surface area contributed by atoms with Crippen molar-refractivity contribution in [3.63, 3.8) is 0 Å². The van der Waals surface area contributed by atoms with E-state index in [1.54, 1.807) is 12.3 Å². The van der Waals surface area contributed by atoms with Crippen molar-refractivity contribution in [3.05, 3.63) is 71.2 Å². The van der Waals surface area contributed by atoms with Crippen LogP contribution in [0.3, 0.4) is 0 Å². The minimum Gasteiger partial charge on any atom is -0.467 e. The van der Waals surface area contributed by atoms with E-state index >= 15 is 0 Å². The number of nitrogens with zero attached hydrogens (tertiary/aromatic N) is 2. The van der Waals surface area contributed by atoms with E-state index in [0.29, 0.717) is 12.2 Å². The van der Waals surface area contributed by atoms with E-state index in [-0.39, 0.29) is 16.7 Å². The molecule has 2 aromatic heterocycles. The molecule has 0 spiro atoms. The van der Waals surface area contributed by atoms with Crippen LogP contribution in [0.1, 0.15) is 16.2 Å². The zero-order chi connectivity index (χ0) is 16.9. The van der Waals surface area contributed by atoms with Crippen LogP contribution in [0.15, 0.2) is 53.3 Å². The smallest absolute Gasteiger partial charge is 0.274 e. The molecule has 8 heteroatoms. The van der Waals surface area contributed by atoms with Gasteiger partial charge in [-0.05, 0) is 36.4 Å². The van der Waals surface area contributed by atoms with Gasteiger partial charge in [0.05, 0.1) is 17.8 Å². The van der Waals surface area contributed by atoms with Gasteiger partial charge in [-0.1, -0.05) is 11.6 Å². The first-order valence-electron chi connectivity index (χ1n) is 6.97. The second kappa shape index (κ2) is 7.10. The number of carbonyl (C=O) groups excluding carboxylic acids is 1. The maximum Gasteiger partial charge on any atom is 0.274 e. The van der Waals surface area contributed by atoms with Gasteiger partial charge in [0.15, 0.2) is 0 Å². The van der Waals surface area contributed by atoms with Gasteiger partial charge in [-0.3, -0.25) is 4.79 Å². The quantitative estimate of drug-likeness (QED) is 0.736. The molecule has 2 heterocycles. The fourth-order valence-electron chi connectivity index (χ4n) is 1.92. The highest BCUT2D eigenvalue weighted by molar-refractivity contribution is 6.31. The third-order valence-electron chi connectivity index (χ3n) is 3.07. The summed E-state index contributed by atoms with van der Waals surface area (Å²) in [5, 5.41) is 5.48. The normalized spacial score (nSPS) is 10.4. The van der Waals surface area contributed by atoms with E-state index in [2.05, 4.69) is 20.6 Å². The fraction of sp³-hybridized carbons (Fsp3) is 0.0625. The van der Waals surface area contributed by atoms with Crippen molar-refractivity contribution >= 4 is 29.1 Å². The van der Waals surface area contributed by atoms with Crippen molar-refractivity contribution < 1.29 is 13.6 Å². The number of anilines is 2. The standard InChI is InChI=1S/C16H12ClFN4O2/c17-12-8-10(3-4-13(12)18)21-15(23)14-5-6-19-16(22-14)20-9-11-2-1-7-24-11/h1-8H,9H2,(H,21,23)(H,19,20,22). The topological polar surface area (TPSA) is 80.0 Å². The second-order valence-electron chi connectivity index (χ2n) is 4.78. The molecule has 0 aliphatic carbocycles. The van der Waals surface area contributed by atoms with Crippen molar-refractivity contribution in [2.75, 3.05) is 10.6 Å². The number of nitrogens with one attached hydrogen (secondary N) is 2. The van der Waals surface area contributed by atoms with Gasteiger partial charge >= 0.3 is 0 Å². The van der Waals surface area contributed by atoms with Gasteiger partial charge in [0.1, 0.15) is 17.3 Å². The highest BCUT2D eigenvalue weighted by atomic mass is 35.5. The first kappa shape index (κ1) is 15.9. The van der Waals surface area contributed by atoms with E-state index in [1.807, 2.05) is 6.07 Å². The van der Waals surface area contributed by atoms with Crippen LogP contribution in [0.25, 0.3) is 0 Å². The van der Waals surface area contributed by atoms with Gasteiger partial charge in [0.25, 0.3) is 5.91 Å². The number of hydrogen-bond acceptors (Lipinski definition) is 5. The molecular formula is C16H12ClFN4O2.